The van der Waals surface area contributed by atoms with E-state index in [1.165, 1.54) is 21.9 Å². The van der Waals surface area contributed by atoms with Crippen LogP contribution in [0.1, 0.15) is 25.0 Å². The van der Waals surface area contributed by atoms with Gasteiger partial charge >= 0.3 is 0 Å². The molecule has 0 spiro atoms. The predicted molar refractivity (Wildman–Crippen MR) is 98.2 cm³/mol. The van der Waals surface area contributed by atoms with Crippen LogP contribution in [-0.2, 0) is 11.8 Å². The second-order valence-electron chi connectivity index (χ2n) is 6.84. The molecule has 0 aliphatic carbocycles. The Kier molecular flexibility index (Phi) is 3.97. The highest BCUT2D eigenvalue weighted by molar-refractivity contribution is 5.83. The maximum absolute atomic E-state index is 6.42. The van der Waals surface area contributed by atoms with Crippen LogP contribution in [0.15, 0.2) is 72.8 Å². The van der Waals surface area contributed by atoms with Crippen molar-refractivity contribution in [2.45, 2.75) is 31.3 Å². The first-order valence-corrected chi connectivity index (χ1v) is 8.01. The number of nitrogens with two attached hydrogens (primary N) is 2. The summed E-state index contributed by atoms with van der Waals surface area (Å²) >= 11 is 0. The zero-order valence-electron chi connectivity index (χ0n) is 13.8. The molecule has 0 saturated heterocycles. The Hall–Kier alpha value is -2.16. The number of fused-ring (bicyclic) bond motifs is 1. The minimum atomic E-state index is -0.828. The van der Waals surface area contributed by atoms with Crippen molar-refractivity contribution in [1.29, 1.82) is 0 Å². The molecule has 2 heteroatoms. The third kappa shape index (κ3) is 3.00. The third-order valence-electron chi connectivity index (χ3n) is 4.98. The molecule has 2 nitrogen and oxygen atoms in total. The molecule has 0 amide bonds. The Balaban J connectivity index is 2.10. The lowest BCUT2D eigenvalue weighted by atomic mass is 9.68. The molecule has 3 aromatic rings. The molecule has 1 unspecified atom stereocenters. The molecular formula is C21H24N2. The zero-order valence-corrected chi connectivity index (χ0v) is 13.8. The second-order valence-corrected chi connectivity index (χ2v) is 6.84. The van der Waals surface area contributed by atoms with E-state index in [4.69, 9.17) is 11.5 Å². The lowest BCUT2D eigenvalue weighted by Crippen LogP contribution is -2.62. The summed E-state index contributed by atoms with van der Waals surface area (Å²) < 4.78 is 0. The van der Waals surface area contributed by atoms with Gasteiger partial charge in [0.2, 0.25) is 0 Å². The van der Waals surface area contributed by atoms with Crippen molar-refractivity contribution in [1.82, 2.24) is 0 Å². The highest BCUT2D eigenvalue weighted by atomic mass is 15.0. The van der Waals surface area contributed by atoms with Crippen LogP contribution in [0, 0.1) is 0 Å². The van der Waals surface area contributed by atoms with Crippen LogP contribution in [0.25, 0.3) is 10.8 Å². The quantitative estimate of drug-likeness (QED) is 0.716. The van der Waals surface area contributed by atoms with Crippen molar-refractivity contribution in [2.24, 2.45) is 11.5 Å². The van der Waals surface area contributed by atoms with Crippen molar-refractivity contribution in [3.8, 4) is 0 Å². The van der Waals surface area contributed by atoms with Gasteiger partial charge in [0, 0.05) is 5.41 Å². The summed E-state index contributed by atoms with van der Waals surface area (Å²) in [5, 5.41) is 2.45. The highest BCUT2D eigenvalue weighted by Crippen LogP contribution is 2.36. The van der Waals surface area contributed by atoms with E-state index in [0.29, 0.717) is 0 Å². The molecule has 1 atom stereocenters. The fraction of sp³-hybridized carbons (Fsp3) is 0.238. The Morgan fingerprint density at radius 1 is 0.739 bits per heavy atom. The molecule has 0 aromatic heterocycles. The van der Waals surface area contributed by atoms with Crippen molar-refractivity contribution in [3.63, 3.8) is 0 Å². The average molecular weight is 304 g/mol. The molecule has 0 radical (unpaired) electrons. The summed E-state index contributed by atoms with van der Waals surface area (Å²) in [6, 6.07) is 25.3. The van der Waals surface area contributed by atoms with Gasteiger partial charge in [-0.15, -0.1) is 0 Å². The van der Waals surface area contributed by atoms with Crippen LogP contribution in [-0.4, -0.2) is 5.66 Å². The molecule has 23 heavy (non-hydrogen) atoms. The number of hydrogen-bond acceptors (Lipinski definition) is 2. The van der Waals surface area contributed by atoms with Gasteiger partial charge in [-0.05, 0) is 35.2 Å². The van der Waals surface area contributed by atoms with E-state index in [2.05, 4.69) is 73.7 Å². The van der Waals surface area contributed by atoms with Crippen LogP contribution >= 0.6 is 0 Å². The Bertz CT molecular complexity index is 803. The van der Waals surface area contributed by atoms with Crippen molar-refractivity contribution in [3.05, 3.63) is 83.9 Å². The topological polar surface area (TPSA) is 52.0 Å². The fourth-order valence-electron chi connectivity index (χ4n) is 3.14. The van der Waals surface area contributed by atoms with Gasteiger partial charge in [0.15, 0.2) is 0 Å². The molecule has 0 saturated carbocycles. The molecule has 118 valence electrons. The van der Waals surface area contributed by atoms with Crippen molar-refractivity contribution in [2.75, 3.05) is 0 Å². The molecule has 3 rings (SSSR count). The van der Waals surface area contributed by atoms with E-state index >= 15 is 0 Å². The van der Waals surface area contributed by atoms with Gasteiger partial charge in [-0.1, -0.05) is 79.7 Å². The van der Waals surface area contributed by atoms with Gasteiger partial charge in [0.1, 0.15) is 0 Å². The average Bonchev–Trinajstić information content (AvgIpc) is 2.54. The normalized spacial score (nSPS) is 14.6. The maximum Gasteiger partial charge on any atom is 0.0707 e. The molecule has 0 heterocycles. The van der Waals surface area contributed by atoms with E-state index in [1.807, 2.05) is 13.0 Å². The van der Waals surface area contributed by atoms with Crippen molar-refractivity contribution >= 4 is 10.8 Å². The van der Waals surface area contributed by atoms with Crippen LogP contribution < -0.4 is 11.5 Å². The highest BCUT2D eigenvalue weighted by Gasteiger charge is 2.40. The molecule has 0 aliphatic heterocycles. The molecule has 0 aliphatic rings. The maximum atomic E-state index is 6.42. The van der Waals surface area contributed by atoms with Gasteiger partial charge < -0.3 is 11.5 Å². The molecule has 0 bridgehead atoms. The van der Waals surface area contributed by atoms with Gasteiger partial charge in [-0.2, -0.15) is 0 Å². The first-order chi connectivity index (χ1) is 10.9. The lowest BCUT2D eigenvalue weighted by molar-refractivity contribution is 0.262. The van der Waals surface area contributed by atoms with E-state index in [0.717, 1.165) is 6.42 Å². The van der Waals surface area contributed by atoms with Gasteiger partial charge in [0.25, 0.3) is 0 Å². The Morgan fingerprint density at radius 2 is 1.35 bits per heavy atom. The van der Waals surface area contributed by atoms with Crippen LogP contribution in [0.4, 0.5) is 0 Å². The smallest absolute Gasteiger partial charge is 0.0707 e. The first-order valence-electron chi connectivity index (χ1n) is 8.01. The number of hydrogen-bond donors (Lipinski definition) is 2. The summed E-state index contributed by atoms with van der Waals surface area (Å²) in [6.45, 7) is 4.06. The lowest BCUT2D eigenvalue weighted by Gasteiger charge is -2.42. The van der Waals surface area contributed by atoms with Crippen LogP contribution in [0.5, 0.6) is 0 Å². The Labute approximate surface area is 138 Å². The largest absolute Gasteiger partial charge is 0.313 e. The van der Waals surface area contributed by atoms with Crippen molar-refractivity contribution < 1.29 is 0 Å². The predicted octanol–water partition coefficient (Wildman–Crippen LogP) is 3.97. The summed E-state index contributed by atoms with van der Waals surface area (Å²) in [6.07, 6.45) is 0.801. The molecule has 4 N–H and O–H groups in total. The molecule has 3 aromatic carbocycles. The Morgan fingerprint density at radius 3 is 2.00 bits per heavy atom. The SMILES string of the molecule is CC(N)(N)C(C)(Cc1ccccc1)c1ccc2ccccc2c1. The summed E-state index contributed by atoms with van der Waals surface area (Å²) in [7, 11) is 0. The summed E-state index contributed by atoms with van der Waals surface area (Å²) in [5.74, 6) is 0. The standard InChI is InChI=1S/C21H24N2/c1-20(21(2,22)23,15-16-8-4-3-5-9-16)19-13-12-17-10-6-7-11-18(17)14-19/h3-14H,15,22-23H2,1-2H3. The minimum absolute atomic E-state index is 0.363. The third-order valence-corrected chi connectivity index (χ3v) is 4.98. The second kappa shape index (κ2) is 5.80. The van der Waals surface area contributed by atoms with Crippen LogP contribution in [0.3, 0.4) is 0 Å². The first kappa shape index (κ1) is 15.7. The summed E-state index contributed by atoms with van der Waals surface area (Å²) in [5.41, 5.74) is 14.1. The van der Waals surface area contributed by atoms with Gasteiger partial charge in [-0.3, -0.25) is 0 Å². The van der Waals surface area contributed by atoms with Gasteiger partial charge in [0.05, 0.1) is 5.66 Å². The number of benzene rings is 3. The van der Waals surface area contributed by atoms with Gasteiger partial charge in [-0.25, -0.2) is 0 Å². The van der Waals surface area contributed by atoms with E-state index in [9.17, 15) is 0 Å². The summed E-state index contributed by atoms with van der Waals surface area (Å²) in [4.78, 5) is 0. The minimum Gasteiger partial charge on any atom is -0.313 e. The van der Waals surface area contributed by atoms with E-state index in [-0.39, 0.29) is 5.41 Å². The number of rotatable bonds is 4. The van der Waals surface area contributed by atoms with E-state index < -0.39 is 5.66 Å². The van der Waals surface area contributed by atoms with Crippen LogP contribution in [0.2, 0.25) is 0 Å². The molecular weight excluding hydrogens is 280 g/mol. The molecule has 0 fully saturated rings. The monoisotopic (exact) mass is 304 g/mol. The zero-order chi connectivity index (χ0) is 16.5. The van der Waals surface area contributed by atoms with E-state index in [1.54, 1.807) is 0 Å². The fourth-order valence-corrected chi connectivity index (χ4v) is 3.14.